The highest BCUT2D eigenvalue weighted by atomic mass is 16.5. The Kier molecular flexibility index (Phi) is 6.21. The zero-order chi connectivity index (χ0) is 14.1. The Balaban J connectivity index is 2.36. The van der Waals surface area contributed by atoms with Crippen LogP contribution in [0.2, 0.25) is 0 Å². The summed E-state index contributed by atoms with van der Waals surface area (Å²) in [7, 11) is 0. The molecule has 1 amide bonds. The molecule has 6 nitrogen and oxygen atoms in total. The number of amides is 1. The molecule has 0 aromatic heterocycles. The van der Waals surface area contributed by atoms with Crippen LogP contribution in [0.1, 0.15) is 13.3 Å². The van der Waals surface area contributed by atoms with Gasteiger partial charge in [0.2, 0.25) is 5.91 Å². The third-order valence-electron chi connectivity index (χ3n) is 2.17. The van der Waals surface area contributed by atoms with Crippen molar-refractivity contribution in [2.45, 2.75) is 13.3 Å². The molecule has 0 spiro atoms. The summed E-state index contributed by atoms with van der Waals surface area (Å²) < 4.78 is 10.8. The van der Waals surface area contributed by atoms with Crippen LogP contribution in [-0.4, -0.2) is 36.7 Å². The average molecular weight is 267 g/mol. The average Bonchev–Trinajstić information content (AvgIpc) is 2.39. The molecule has 0 aliphatic carbocycles. The Morgan fingerprint density at radius 1 is 1.21 bits per heavy atom. The number of hydrogen-bond acceptors (Lipinski definition) is 4. The normalized spacial score (nSPS) is 9.74. The van der Waals surface area contributed by atoms with Crippen molar-refractivity contribution in [3.05, 3.63) is 24.3 Å². The number of nitrogens with one attached hydrogen (secondary N) is 1. The number of carbonyl (C=O) groups excluding carboxylic acids is 1. The van der Waals surface area contributed by atoms with Gasteiger partial charge < -0.3 is 19.9 Å². The maximum absolute atomic E-state index is 11.3. The third kappa shape index (κ3) is 5.76. The predicted molar refractivity (Wildman–Crippen MR) is 68.4 cm³/mol. The van der Waals surface area contributed by atoms with E-state index in [2.05, 4.69) is 5.32 Å². The van der Waals surface area contributed by atoms with Crippen molar-refractivity contribution < 1.29 is 24.2 Å². The lowest BCUT2D eigenvalue weighted by Crippen LogP contribution is -2.30. The summed E-state index contributed by atoms with van der Waals surface area (Å²) in [4.78, 5) is 21.5. The number of ether oxygens (including phenoxy) is 2. The van der Waals surface area contributed by atoms with E-state index in [0.29, 0.717) is 18.1 Å². The standard InChI is InChI=1S/C13H17NO5/c1-2-18-10-5-3-4-6-11(10)19-8-7-12(15)14-9-13(16)17/h3-6H,2,7-9H2,1H3,(H,14,15)(H,16,17). The van der Waals surface area contributed by atoms with Crippen LogP contribution < -0.4 is 14.8 Å². The molecular formula is C13H17NO5. The first-order chi connectivity index (χ1) is 9.13. The fourth-order valence-corrected chi connectivity index (χ4v) is 1.36. The maximum atomic E-state index is 11.3. The second-order valence-electron chi connectivity index (χ2n) is 3.65. The predicted octanol–water partition coefficient (Wildman–Crippen LogP) is 1.05. The van der Waals surface area contributed by atoms with E-state index in [1.54, 1.807) is 12.1 Å². The van der Waals surface area contributed by atoms with E-state index >= 15 is 0 Å². The van der Waals surface area contributed by atoms with Crippen LogP contribution in [0.5, 0.6) is 11.5 Å². The van der Waals surface area contributed by atoms with Gasteiger partial charge in [0, 0.05) is 0 Å². The highest BCUT2D eigenvalue weighted by Crippen LogP contribution is 2.26. The zero-order valence-corrected chi connectivity index (χ0v) is 10.7. The topological polar surface area (TPSA) is 84.9 Å². The lowest BCUT2D eigenvalue weighted by molar-refractivity contribution is -0.138. The first-order valence-electron chi connectivity index (χ1n) is 5.96. The minimum absolute atomic E-state index is 0.0910. The molecule has 2 N–H and O–H groups in total. The fraction of sp³-hybridized carbons (Fsp3) is 0.385. The first-order valence-corrected chi connectivity index (χ1v) is 5.96. The summed E-state index contributed by atoms with van der Waals surface area (Å²) >= 11 is 0. The number of carboxylic acids is 1. The lowest BCUT2D eigenvalue weighted by Gasteiger charge is -2.11. The number of hydrogen-bond donors (Lipinski definition) is 2. The van der Waals surface area contributed by atoms with Gasteiger partial charge in [-0.3, -0.25) is 9.59 Å². The van der Waals surface area contributed by atoms with Gasteiger partial charge in [0.05, 0.1) is 19.6 Å². The molecule has 0 saturated carbocycles. The van der Waals surface area contributed by atoms with Crippen LogP contribution in [0, 0.1) is 0 Å². The number of para-hydroxylation sites is 2. The van der Waals surface area contributed by atoms with Gasteiger partial charge in [-0.05, 0) is 19.1 Å². The molecule has 1 aromatic rings. The van der Waals surface area contributed by atoms with Gasteiger partial charge >= 0.3 is 5.97 Å². The summed E-state index contributed by atoms with van der Waals surface area (Å²) in [6, 6.07) is 7.17. The Bertz CT molecular complexity index is 433. The Hall–Kier alpha value is -2.24. The van der Waals surface area contributed by atoms with Gasteiger partial charge in [-0.1, -0.05) is 12.1 Å². The van der Waals surface area contributed by atoms with Gasteiger partial charge in [-0.25, -0.2) is 0 Å². The molecule has 0 aliphatic rings. The van der Waals surface area contributed by atoms with Crippen molar-refractivity contribution in [1.82, 2.24) is 5.32 Å². The molecule has 6 heteroatoms. The third-order valence-corrected chi connectivity index (χ3v) is 2.17. The van der Waals surface area contributed by atoms with Crippen molar-refractivity contribution >= 4 is 11.9 Å². The largest absolute Gasteiger partial charge is 0.490 e. The molecule has 104 valence electrons. The zero-order valence-electron chi connectivity index (χ0n) is 10.7. The van der Waals surface area contributed by atoms with Crippen molar-refractivity contribution in [2.75, 3.05) is 19.8 Å². The van der Waals surface area contributed by atoms with Gasteiger partial charge in [-0.2, -0.15) is 0 Å². The second kappa shape index (κ2) is 7.97. The van der Waals surface area contributed by atoms with E-state index < -0.39 is 5.97 Å². The van der Waals surface area contributed by atoms with Crippen LogP contribution >= 0.6 is 0 Å². The smallest absolute Gasteiger partial charge is 0.322 e. The molecule has 1 rings (SSSR count). The fourth-order valence-electron chi connectivity index (χ4n) is 1.36. The molecule has 0 atom stereocenters. The van der Waals surface area contributed by atoms with Crippen LogP contribution in [0.25, 0.3) is 0 Å². The lowest BCUT2D eigenvalue weighted by atomic mass is 10.3. The molecule has 0 heterocycles. The molecule has 0 bridgehead atoms. The van der Waals surface area contributed by atoms with Crippen molar-refractivity contribution in [1.29, 1.82) is 0 Å². The van der Waals surface area contributed by atoms with Gasteiger partial charge in [0.1, 0.15) is 6.54 Å². The number of carbonyl (C=O) groups is 2. The van der Waals surface area contributed by atoms with E-state index in [1.165, 1.54) is 0 Å². The summed E-state index contributed by atoms with van der Waals surface area (Å²) in [6.45, 7) is 2.18. The molecule has 0 saturated heterocycles. The molecular weight excluding hydrogens is 250 g/mol. The molecule has 0 unspecified atom stereocenters. The van der Waals surface area contributed by atoms with Crippen LogP contribution in [0.15, 0.2) is 24.3 Å². The quantitative estimate of drug-likeness (QED) is 0.735. The number of carboxylic acid groups (broad SMARTS) is 1. The highest BCUT2D eigenvalue weighted by Gasteiger charge is 2.06. The molecule has 0 radical (unpaired) electrons. The van der Waals surface area contributed by atoms with Gasteiger partial charge in [0.15, 0.2) is 11.5 Å². The summed E-state index contributed by atoms with van der Waals surface area (Å²) in [5, 5.41) is 10.7. The van der Waals surface area contributed by atoms with Gasteiger partial charge in [-0.15, -0.1) is 0 Å². The summed E-state index contributed by atoms with van der Waals surface area (Å²) in [6.07, 6.45) is 0.0910. The first kappa shape index (κ1) is 14.8. The highest BCUT2D eigenvalue weighted by molar-refractivity contribution is 5.81. The Labute approximate surface area is 111 Å². The SMILES string of the molecule is CCOc1ccccc1OCCC(=O)NCC(=O)O. The van der Waals surface area contributed by atoms with E-state index in [0.717, 1.165) is 0 Å². The van der Waals surface area contributed by atoms with Gasteiger partial charge in [0.25, 0.3) is 0 Å². The second-order valence-corrected chi connectivity index (χ2v) is 3.65. The molecule has 0 fully saturated rings. The minimum atomic E-state index is -1.07. The Morgan fingerprint density at radius 2 is 1.84 bits per heavy atom. The molecule has 19 heavy (non-hydrogen) atoms. The maximum Gasteiger partial charge on any atom is 0.322 e. The van der Waals surface area contributed by atoms with Crippen molar-refractivity contribution in [3.8, 4) is 11.5 Å². The van der Waals surface area contributed by atoms with E-state index in [4.69, 9.17) is 14.6 Å². The molecule has 1 aromatic carbocycles. The Morgan fingerprint density at radius 3 is 2.42 bits per heavy atom. The number of aliphatic carboxylic acids is 1. The number of rotatable bonds is 8. The van der Waals surface area contributed by atoms with Crippen molar-refractivity contribution in [2.24, 2.45) is 0 Å². The monoisotopic (exact) mass is 267 g/mol. The van der Waals surface area contributed by atoms with Crippen LogP contribution in [0.4, 0.5) is 0 Å². The minimum Gasteiger partial charge on any atom is -0.490 e. The van der Waals surface area contributed by atoms with Crippen molar-refractivity contribution in [3.63, 3.8) is 0 Å². The van der Waals surface area contributed by atoms with Crippen LogP contribution in [0.3, 0.4) is 0 Å². The van der Waals surface area contributed by atoms with E-state index in [9.17, 15) is 9.59 Å². The van der Waals surface area contributed by atoms with E-state index in [-0.39, 0.29) is 25.5 Å². The number of benzene rings is 1. The molecule has 0 aliphatic heterocycles. The summed E-state index contributed by atoms with van der Waals surface area (Å²) in [5.74, 6) is -0.251. The van der Waals surface area contributed by atoms with Crippen LogP contribution in [-0.2, 0) is 9.59 Å². The van der Waals surface area contributed by atoms with E-state index in [1.807, 2.05) is 19.1 Å². The summed E-state index contributed by atoms with van der Waals surface area (Å²) in [5.41, 5.74) is 0.